The monoisotopic (exact) mass is 235 g/mol. The van der Waals surface area contributed by atoms with Crippen molar-refractivity contribution < 1.29 is 0 Å². The number of hydrogen-bond acceptors (Lipinski definition) is 3. The molecule has 0 amide bonds. The highest BCUT2D eigenvalue weighted by Gasteiger charge is 2.01. The summed E-state index contributed by atoms with van der Waals surface area (Å²) in [6.07, 6.45) is 3.61. The van der Waals surface area contributed by atoms with Crippen LogP contribution in [0.2, 0.25) is 0 Å². The second-order valence-electron chi connectivity index (χ2n) is 3.34. The maximum absolute atomic E-state index is 11.5. The van der Waals surface area contributed by atoms with E-state index in [4.69, 9.17) is 12.2 Å². The molecule has 0 aliphatic heterocycles. The molecule has 2 heterocycles. The number of rotatable bonds is 2. The highest BCUT2D eigenvalue weighted by molar-refractivity contribution is 7.71. The molecule has 3 N–H and O–H groups in total. The molecule has 5 nitrogen and oxygen atoms in total. The van der Waals surface area contributed by atoms with Crippen molar-refractivity contribution in [2.24, 2.45) is 0 Å². The van der Waals surface area contributed by atoms with E-state index < -0.39 is 0 Å². The number of aromatic amines is 3. The van der Waals surface area contributed by atoms with Crippen LogP contribution in [0.3, 0.4) is 0 Å². The van der Waals surface area contributed by atoms with Crippen LogP contribution in [-0.2, 0) is 6.42 Å². The summed E-state index contributed by atoms with van der Waals surface area (Å²) in [7, 11) is 0. The Hall–Kier alpha value is -1.95. The molecule has 0 bridgehead atoms. The minimum absolute atomic E-state index is 0.162. The van der Waals surface area contributed by atoms with Gasteiger partial charge in [0.25, 0.3) is 5.56 Å². The summed E-state index contributed by atoms with van der Waals surface area (Å²) in [5.74, 6) is 0. The fourth-order valence-corrected chi connectivity index (χ4v) is 1.49. The zero-order chi connectivity index (χ0) is 11.5. The normalized spacial score (nSPS) is 10.2. The van der Waals surface area contributed by atoms with Crippen molar-refractivity contribution in [1.29, 1.82) is 0 Å². The average molecular weight is 235 g/mol. The van der Waals surface area contributed by atoms with Gasteiger partial charge in [0.05, 0.1) is 0 Å². The van der Waals surface area contributed by atoms with Gasteiger partial charge in [-0.05, 0) is 17.8 Å². The van der Waals surface area contributed by atoms with Crippen LogP contribution in [0.25, 0.3) is 0 Å². The van der Waals surface area contributed by atoms with Crippen molar-refractivity contribution in [2.45, 2.75) is 6.42 Å². The molecule has 82 valence electrons. The molecule has 2 aromatic rings. The molecule has 0 saturated heterocycles. The highest BCUT2D eigenvalue weighted by Crippen LogP contribution is 2.00. The largest absolute Gasteiger partial charge is 0.338 e. The number of hydrogen-bond donors (Lipinski definition) is 3. The van der Waals surface area contributed by atoms with Gasteiger partial charge in [-0.2, -0.15) is 0 Å². The molecule has 0 atom stereocenters. The van der Waals surface area contributed by atoms with E-state index in [1.54, 1.807) is 18.5 Å². The topological polar surface area (TPSA) is 81.5 Å². The predicted molar refractivity (Wildman–Crippen MR) is 62.1 cm³/mol. The van der Waals surface area contributed by atoms with Gasteiger partial charge < -0.3 is 9.97 Å². The average Bonchev–Trinajstić information content (AvgIpc) is 2.25. The summed E-state index contributed by atoms with van der Waals surface area (Å²) in [5, 5.41) is 0. The van der Waals surface area contributed by atoms with Gasteiger partial charge >= 0.3 is 0 Å². The van der Waals surface area contributed by atoms with Crippen molar-refractivity contribution in [3.8, 4) is 0 Å². The molecule has 0 aliphatic rings. The second-order valence-corrected chi connectivity index (χ2v) is 3.74. The first-order valence-electron chi connectivity index (χ1n) is 4.63. The molecule has 16 heavy (non-hydrogen) atoms. The van der Waals surface area contributed by atoms with Gasteiger partial charge in [0.2, 0.25) is 5.56 Å². The zero-order valence-electron chi connectivity index (χ0n) is 8.24. The van der Waals surface area contributed by atoms with Crippen LogP contribution < -0.4 is 11.1 Å². The molecule has 2 rings (SSSR count). The lowest BCUT2D eigenvalue weighted by Crippen LogP contribution is -2.14. The minimum Gasteiger partial charge on any atom is -0.338 e. The van der Waals surface area contributed by atoms with Crippen LogP contribution in [0.5, 0.6) is 0 Å². The van der Waals surface area contributed by atoms with Gasteiger partial charge in [-0.15, -0.1) is 0 Å². The summed E-state index contributed by atoms with van der Waals surface area (Å²) in [6.45, 7) is 0. The highest BCUT2D eigenvalue weighted by atomic mass is 32.1. The van der Waals surface area contributed by atoms with Gasteiger partial charge in [-0.1, -0.05) is 6.07 Å². The standard InChI is InChI=1S/C10H9N3O2S/c14-8-2-1-6(4-11-8)3-7-5-12-10(16)13-9(7)15/h1-2,4-5H,3H2,(H,11,14)(H2,12,13,15,16). The molecule has 6 heteroatoms. The molecule has 0 fully saturated rings. The lowest BCUT2D eigenvalue weighted by molar-refractivity contribution is 1.000. The van der Waals surface area contributed by atoms with E-state index >= 15 is 0 Å². The van der Waals surface area contributed by atoms with E-state index in [1.807, 2.05) is 0 Å². The summed E-state index contributed by atoms with van der Waals surface area (Å²) in [5.41, 5.74) is 1.05. The van der Waals surface area contributed by atoms with Crippen molar-refractivity contribution >= 4 is 12.2 Å². The summed E-state index contributed by atoms with van der Waals surface area (Å²) < 4.78 is 0.301. The van der Waals surface area contributed by atoms with Crippen LogP contribution in [0.4, 0.5) is 0 Å². The third kappa shape index (κ3) is 2.34. The molecule has 0 spiro atoms. The van der Waals surface area contributed by atoms with Crippen LogP contribution >= 0.6 is 12.2 Å². The number of aromatic nitrogens is 3. The molecular formula is C10H9N3O2S. The third-order valence-corrected chi connectivity index (χ3v) is 2.36. The maximum atomic E-state index is 11.5. The Morgan fingerprint density at radius 3 is 2.56 bits per heavy atom. The Kier molecular flexibility index (Phi) is 2.82. The van der Waals surface area contributed by atoms with Gasteiger partial charge in [0.1, 0.15) is 0 Å². The molecule has 0 unspecified atom stereocenters. The fraction of sp³-hybridized carbons (Fsp3) is 0.100. The molecular weight excluding hydrogens is 226 g/mol. The van der Waals surface area contributed by atoms with Gasteiger partial charge in [-0.25, -0.2) is 0 Å². The second kappa shape index (κ2) is 4.28. The third-order valence-electron chi connectivity index (χ3n) is 2.14. The smallest absolute Gasteiger partial charge is 0.255 e. The number of pyridine rings is 1. The van der Waals surface area contributed by atoms with Crippen LogP contribution in [0.1, 0.15) is 11.1 Å². The quantitative estimate of drug-likeness (QED) is 0.670. The van der Waals surface area contributed by atoms with E-state index in [0.717, 1.165) is 5.56 Å². The lowest BCUT2D eigenvalue weighted by Gasteiger charge is -1.99. The summed E-state index contributed by atoms with van der Waals surface area (Å²) >= 11 is 4.78. The summed E-state index contributed by atoms with van der Waals surface area (Å²) in [4.78, 5) is 30.2. The van der Waals surface area contributed by atoms with Crippen LogP contribution in [0.15, 0.2) is 34.1 Å². The van der Waals surface area contributed by atoms with E-state index in [9.17, 15) is 9.59 Å². The fourth-order valence-electron chi connectivity index (χ4n) is 1.34. The van der Waals surface area contributed by atoms with Crippen LogP contribution in [-0.4, -0.2) is 15.0 Å². The first-order chi connectivity index (χ1) is 7.65. The van der Waals surface area contributed by atoms with Gasteiger partial charge in [0, 0.05) is 30.4 Å². The first-order valence-corrected chi connectivity index (χ1v) is 5.04. The van der Waals surface area contributed by atoms with Crippen molar-refractivity contribution in [3.05, 3.63) is 61.1 Å². The first kappa shape index (κ1) is 10.6. The molecule has 0 aromatic carbocycles. The number of nitrogens with one attached hydrogen (secondary N) is 3. The molecule has 0 aliphatic carbocycles. The Bertz CT molecular complexity index is 648. The minimum atomic E-state index is -0.213. The van der Waals surface area contributed by atoms with E-state index in [0.29, 0.717) is 16.8 Å². The van der Waals surface area contributed by atoms with Crippen LogP contribution in [0, 0.1) is 4.77 Å². The van der Waals surface area contributed by atoms with Gasteiger partial charge in [0.15, 0.2) is 4.77 Å². The van der Waals surface area contributed by atoms with Gasteiger partial charge in [-0.3, -0.25) is 14.6 Å². The maximum Gasteiger partial charge on any atom is 0.255 e. The Balaban J connectivity index is 2.34. The van der Waals surface area contributed by atoms with Crippen molar-refractivity contribution in [2.75, 3.05) is 0 Å². The lowest BCUT2D eigenvalue weighted by atomic mass is 10.1. The van der Waals surface area contributed by atoms with E-state index in [1.165, 1.54) is 6.07 Å². The summed E-state index contributed by atoms with van der Waals surface area (Å²) in [6, 6.07) is 3.11. The zero-order valence-corrected chi connectivity index (χ0v) is 9.06. The van der Waals surface area contributed by atoms with E-state index in [-0.39, 0.29) is 11.1 Å². The molecule has 2 aromatic heterocycles. The van der Waals surface area contributed by atoms with Crippen molar-refractivity contribution in [3.63, 3.8) is 0 Å². The predicted octanol–water partition coefficient (Wildman–Crippen LogP) is 0.712. The molecule has 0 saturated carbocycles. The molecule has 0 radical (unpaired) electrons. The van der Waals surface area contributed by atoms with E-state index in [2.05, 4.69) is 15.0 Å². The Labute approximate surface area is 95.2 Å². The van der Waals surface area contributed by atoms with Crippen molar-refractivity contribution in [1.82, 2.24) is 15.0 Å². The Morgan fingerprint density at radius 2 is 1.94 bits per heavy atom. The number of H-pyrrole nitrogens is 3. The Morgan fingerprint density at radius 1 is 1.12 bits per heavy atom. The SMILES string of the molecule is O=c1ccc(Cc2c[nH]c(=S)[nH]c2=O)c[nH]1.